The molecular weight excluding hydrogens is 148 g/mol. The summed E-state index contributed by atoms with van der Waals surface area (Å²) < 4.78 is 1.22. The van der Waals surface area contributed by atoms with Crippen molar-refractivity contribution in [2.45, 2.75) is 12.8 Å². The van der Waals surface area contributed by atoms with Gasteiger partial charge in [-0.15, -0.1) is 0 Å². The van der Waals surface area contributed by atoms with E-state index in [-0.39, 0.29) is 12.4 Å². The largest absolute Gasteiger partial charge is 0.394 e. The van der Waals surface area contributed by atoms with Crippen LogP contribution >= 0.6 is 0 Å². The van der Waals surface area contributed by atoms with Crippen molar-refractivity contribution >= 4 is 11.5 Å². The molecule has 6 heteroatoms. The Morgan fingerprint density at radius 1 is 1.55 bits per heavy atom. The summed E-state index contributed by atoms with van der Waals surface area (Å²) >= 11 is 0. The number of nitrogens with zero attached hydrogens (tertiary/aromatic N) is 2. The highest BCUT2D eigenvalue weighted by Gasteiger charge is 2.06. The van der Waals surface area contributed by atoms with Gasteiger partial charge in [-0.2, -0.15) is 5.10 Å². The van der Waals surface area contributed by atoms with Gasteiger partial charge in [0.1, 0.15) is 5.82 Å². The normalized spacial score (nSPS) is 10.8. The van der Waals surface area contributed by atoms with Crippen molar-refractivity contribution in [1.29, 1.82) is 0 Å². The fraction of sp³-hybridized carbons (Fsp3) is 0.400. The van der Waals surface area contributed by atoms with Crippen LogP contribution in [0.1, 0.15) is 0 Å². The number of rotatable bonds is 2. The lowest BCUT2D eigenvalue weighted by Crippen LogP contribution is -2.17. The second-order valence-corrected chi connectivity index (χ2v) is 2.15. The molecule has 62 valence electrons. The van der Waals surface area contributed by atoms with Gasteiger partial charge in [-0.25, -0.2) is 4.68 Å². The molecule has 1 aromatic rings. The van der Waals surface area contributed by atoms with Gasteiger partial charge in [0, 0.05) is 0 Å². The molecule has 11 heavy (non-hydrogen) atoms. The summed E-state index contributed by atoms with van der Waals surface area (Å²) in [5.41, 5.74) is 11.1. The molecule has 0 unspecified atom stereocenters. The highest BCUT2D eigenvalue weighted by Crippen LogP contribution is 2.11. The van der Waals surface area contributed by atoms with E-state index < -0.39 is 6.29 Å². The van der Waals surface area contributed by atoms with Gasteiger partial charge < -0.3 is 21.7 Å². The van der Waals surface area contributed by atoms with Gasteiger partial charge in [0.25, 0.3) is 0 Å². The van der Waals surface area contributed by atoms with Crippen molar-refractivity contribution in [3.63, 3.8) is 0 Å². The summed E-state index contributed by atoms with van der Waals surface area (Å²) in [5.74, 6) is 0.248. The molecule has 0 bridgehead atoms. The predicted molar refractivity (Wildman–Crippen MR) is 39.3 cm³/mol. The molecule has 0 atom stereocenters. The molecule has 1 rings (SSSR count). The Bertz CT molecular complexity index is 245. The first-order chi connectivity index (χ1) is 5.11. The van der Waals surface area contributed by atoms with E-state index in [1.807, 2.05) is 0 Å². The minimum Gasteiger partial charge on any atom is -0.394 e. The standard InChI is InChI=1S/C5H10N4O2/c6-3-1-8-9(5(3)7)2-4(10)11/h1,4,10-11H,2,6-7H2. The first-order valence-electron chi connectivity index (χ1n) is 3.04. The predicted octanol–water partition coefficient (Wildman–Crippen LogP) is -1.64. The number of nitrogens with two attached hydrogens (primary N) is 2. The number of hydrogen-bond acceptors (Lipinski definition) is 5. The van der Waals surface area contributed by atoms with E-state index in [0.717, 1.165) is 0 Å². The van der Waals surface area contributed by atoms with Crippen LogP contribution in [0.15, 0.2) is 6.20 Å². The zero-order chi connectivity index (χ0) is 8.43. The molecule has 0 aliphatic rings. The fourth-order valence-electron chi connectivity index (χ4n) is 0.709. The highest BCUT2D eigenvalue weighted by molar-refractivity contribution is 5.56. The molecule has 0 aliphatic carbocycles. The molecule has 0 aromatic carbocycles. The third kappa shape index (κ3) is 1.60. The minimum absolute atomic E-state index is 0.0664. The number of hydrogen-bond donors (Lipinski definition) is 4. The van der Waals surface area contributed by atoms with Crippen LogP contribution in [0.2, 0.25) is 0 Å². The summed E-state index contributed by atoms with van der Waals surface area (Å²) in [6, 6.07) is 0. The molecule has 6 nitrogen and oxygen atoms in total. The van der Waals surface area contributed by atoms with Crippen molar-refractivity contribution in [3.8, 4) is 0 Å². The molecule has 0 spiro atoms. The van der Waals surface area contributed by atoms with E-state index in [0.29, 0.717) is 5.69 Å². The molecule has 0 aliphatic heterocycles. The van der Waals surface area contributed by atoms with Gasteiger partial charge in [0.05, 0.1) is 18.4 Å². The minimum atomic E-state index is -1.46. The summed E-state index contributed by atoms with van der Waals surface area (Å²) in [5, 5.41) is 20.8. The number of anilines is 2. The summed E-state index contributed by atoms with van der Waals surface area (Å²) in [4.78, 5) is 0. The van der Waals surface area contributed by atoms with Crippen molar-refractivity contribution in [3.05, 3.63) is 6.20 Å². The van der Waals surface area contributed by atoms with Crippen LogP contribution < -0.4 is 11.5 Å². The topological polar surface area (TPSA) is 110 Å². The van der Waals surface area contributed by atoms with Crippen LogP contribution in [0.3, 0.4) is 0 Å². The van der Waals surface area contributed by atoms with Gasteiger partial charge in [-0.3, -0.25) is 0 Å². The van der Waals surface area contributed by atoms with Gasteiger partial charge in [-0.1, -0.05) is 0 Å². The Kier molecular flexibility index (Phi) is 1.97. The van der Waals surface area contributed by atoms with Crippen LogP contribution in [0.5, 0.6) is 0 Å². The third-order valence-electron chi connectivity index (χ3n) is 1.25. The Labute approximate surface area is 63.0 Å². The van der Waals surface area contributed by atoms with Gasteiger partial charge in [0.15, 0.2) is 6.29 Å². The lowest BCUT2D eigenvalue weighted by molar-refractivity contribution is -0.0530. The fourth-order valence-corrected chi connectivity index (χ4v) is 0.709. The second kappa shape index (κ2) is 2.77. The van der Waals surface area contributed by atoms with Crippen LogP contribution in [-0.4, -0.2) is 26.3 Å². The molecule has 1 heterocycles. The molecule has 0 amide bonds. The lowest BCUT2D eigenvalue weighted by atomic mass is 10.5. The van der Waals surface area contributed by atoms with E-state index in [1.54, 1.807) is 0 Å². The van der Waals surface area contributed by atoms with Crippen molar-refractivity contribution < 1.29 is 10.2 Å². The number of nitrogen functional groups attached to an aromatic ring is 2. The zero-order valence-corrected chi connectivity index (χ0v) is 5.81. The first kappa shape index (κ1) is 7.83. The van der Waals surface area contributed by atoms with E-state index in [4.69, 9.17) is 21.7 Å². The Hall–Kier alpha value is -1.27. The molecule has 1 aromatic heterocycles. The monoisotopic (exact) mass is 158 g/mol. The van der Waals surface area contributed by atoms with E-state index in [1.165, 1.54) is 10.9 Å². The zero-order valence-electron chi connectivity index (χ0n) is 5.81. The van der Waals surface area contributed by atoms with E-state index in [2.05, 4.69) is 5.10 Å². The van der Waals surface area contributed by atoms with Crippen molar-refractivity contribution in [2.75, 3.05) is 11.5 Å². The van der Waals surface area contributed by atoms with E-state index >= 15 is 0 Å². The maximum Gasteiger partial charge on any atom is 0.171 e. The van der Waals surface area contributed by atoms with Crippen LogP contribution in [0.25, 0.3) is 0 Å². The maximum atomic E-state index is 8.54. The molecule has 0 saturated heterocycles. The highest BCUT2D eigenvalue weighted by atomic mass is 16.5. The molecule has 6 N–H and O–H groups in total. The van der Waals surface area contributed by atoms with Crippen LogP contribution in [-0.2, 0) is 6.54 Å². The average Bonchev–Trinajstić information content (AvgIpc) is 2.18. The molecule has 0 radical (unpaired) electrons. The smallest absolute Gasteiger partial charge is 0.171 e. The summed E-state index contributed by atoms with van der Waals surface area (Å²) in [6.07, 6.45) is -0.103. The van der Waals surface area contributed by atoms with Gasteiger partial charge in [0.2, 0.25) is 0 Å². The Morgan fingerprint density at radius 3 is 2.55 bits per heavy atom. The third-order valence-corrected chi connectivity index (χ3v) is 1.25. The number of aliphatic hydroxyl groups excluding tert-OH is 1. The van der Waals surface area contributed by atoms with Crippen molar-refractivity contribution in [2.24, 2.45) is 0 Å². The molecular formula is C5H10N4O2. The Morgan fingerprint density at radius 2 is 2.18 bits per heavy atom. The molecule has 0 saturated carbocycles. The SMILES string of the molecule is Nc1cnn(CC(O)O)c1N. The summed E-state index contributed by atoms with van der Waals surface area (Å²) in [7, 11) is 0. The quantitative estimate of drug-likeness (QED) is 0.386. The second-order valence-electron chi connectivity index (χ2n) is 2.15. The summed E-state index contributed by atoms with van der Waals surface area (Å²) in [6.45, 7) is -0.0664. The van der Waals surface area contributed by atoms with E-state index in [9.17, 15) is 0 Å². The first-order valence-corrected chi connectivity index (χ1v) is 3.04. The van der Waals surface area contributed by atoms with Gasteiger partial charge in [-0.05, 0) is 0 Å². The lowest BCUT2D eigenvalue weighted by Gasteiger charge is -2.04. The van der Waals surface area contributed by atoms with Gasteiger partial charge >= 0.3 is 0 Å². The Balaban J connectivity index is 2.79. The number of aliphatic hydroxyl groups is 2. The molecule has 0 fully saturated rings. The number of aromatic nitrogens is 2. The average molecular weight is 158 g/mol. The van der Waals surface area contributed by atoms with Crippen LogP contribution in [0.4, 0.5) is 11.5 Å². The maximum absolute atomic E-state index is 8.54. The van der Waals surface area contributed by atoms with Crippen molar-refractivity contribution in [1.82, 2.24) is 9.78 Å². The van der Waals surface area contributed by atoms with Crippen LogP contribution in [0, 0.1) is 0 Å².